The maximum Gasteiger partial charge on any atom is 0.343 e. The summed E-state index contributed by atoms with van der Waals surface area (Å²) in [6, 6.07) is 4.92. The van der Waals surface area contributed by atoms with E-state index in [1.165, 1.54) is 18.0 Å². The number of halogens is 2. The van der Waals surface area contributed by atoms with Crippen molar-refractivity contribution in [1.82, 2.24) is 9.78 Å². The van der Waals surface area contributed by atoms with Crippen molar-refractivity contribution >= 4 is 35.0 Å². The monoisotopic (exact) mass is 285 g/mol. The number of rotatable bonds is 2. The highest BCUT2D eigenvalue weighted by Crippen LogP contribution is 2.26. The molecule has 0 radical (unpaired) electrons. The Morgan fingerprint density at radius 1 is 1.39 bits per heavy atom. The van der Waals surface area contributed by atoms with Crippen molar-refractivity contribution < 1.29 is 9.53 Å². The number of ether oxygens (including phenoxy) is 1. The fourth-order valence-electron chi connectivity index (χ4n) is 1.45. The van der Waals surface area contributed by atoms with Crippen LogP contribution in [0.3, 0.4) is 0 Å². The van der Waals surface area contributed by atoms with Crippen molar-refractivity contribution in [2.24, 2.45) is 0 Å². The van der Waals surface area contributed by atoms with Crippen molar-refractivity contribution in [2.75, 3.05) is 12.8 Å². The number of benzene rings is 1. The molecule has 94 valence electrons. The second-order valence-corrected chi connectivity index (χ2v) is 4.26. The first-order chi connectivity index (χ1) is 8.54. The zero-order chi connectivity index (χ0) is 13.3. The first kappa shape index (κ1) is 12.7. The third-order valence-corrected chi connectivity index (χ3v) is 3.10. The van der Waals surface area contributed by atoms with Crippen LogP contribution in [0.25, 0.3) is 5.69 Å². The van der Waals surface area contributed by atoms with Gasteiger partial charge >= 0.3 is 5.97 Å². The van der Waals surface area contributed by atoms with E-state index >= 15 is 0 Å². The molecule has 1 aromatic carbocycles. The van der Waals surface area contributed by atoms with Gasteiger partial charge in [0.25, 0.3) is 0 Å². The van der Waals surface area contributed by atoms with E-state index in [1.807, 2.05) is 0 Å². The van der Waals surface area contributed by atoms with E-state index in [9.17, 15) is 4.79 Å². The molecule has 0 saturated heterocycles. The van der Waals surface area contributed by atoms with Crippen LogP contribution >= 0.6 is 23.2 Å². The van der Waals surface area contributed by atoms with Crippen molar-refractivity contribution in [3.63, 3.8) is 0 Å². The van der Waals surface area contributed by atoms with Gasteiger partial charge in [0, 0.05) is 0 Å². The summed E-state index contributed by atoms with van der Waals surface area (Å²) in [5.41, 5.74) is 6.63. The van der Waals surface area contributed by atoms with Gasteiger partial charge in [-0.1, -0.05) is 23.2 Å². The van der Waals surface area contributed by atoms with Crippen LogP contribution in [0.4, 0.5) is 5.82 Å². The smallest absolute Gasteiger partial charge is 0.343 e. The van der Waals surface area contributed by atoms with Crippen LogP contribution < -0.4 is 5.73 Å². The molecule has 5 nitrogen and oxygen atoms in total. The predicted molar refractivity (Wildman–Crippen MR) is 69.3 cm³/mol. The minimum atomic E-state index is -0.543. The van der Waals surface area contributed by atoms with Gasteiger partial charge in [-0.3, -0.25) is 0 Å². The van der Waals surface area contributed by atoms with Crippen molar-refractivity contribution in [3.8, 4) is 5.69 Å². The fraction of sp³-hybridized carbons (Fsp3) is 0.0909. The van der Waals surface area contributed by atoms with E-state index in [-0.39, 0.29) is 11.4 Å². The molecule has 0 spiro atoms. The summed E-state index contributed by atoms with van der Waals surface area (Å²) in [5.74, 6) is -0.362. The summed E-state index contributed by atoms with van der Waals surface area (Å²) >= 11 is 11.7. The normalized spacial score (nSPS) is 10.4. The molecular formula is C11H9Cl2N3O2. The number of nitrogen functional groups attached to an aromatic ring is 1. The predicted octanol–water partition coefficient (Wildman–Crippen LogP) is 2.55. The molecule has 0 aliphatic heterocycles. The Kier molecular flexibility index (Phi) is 3.45. The molecule has 18 heavy (non-hydrogen) atoms. The van der Waals surface area contributed by atoms with Crippen LogP contribution in [-0.2, 0) is 4.74 Å². The maximum absolute atomic E-state index is 11.4. The lowest BCUT2D eigenvalue weighted by atomic mass is 10.3. The van der Waals surface area contributed by atoms with E-state index in [1.54, 1.807) is 18.2 Å². The summed E-state index contributed by atoms with van der Waals surface area (Å²) in [5, 5.41) is 4.82. The number of nitrogens with zero attached hydrogens (tertiary/aromatic N) is 2. The molecule has 0 fully saturated rings. The van der Waals surface area contributed by atoms with Crippen LogP contribution in [0.2, 0.25) is 10.0 Å². The largest absolute Gasteiger partial charge is 0.465 e. The first-order valence-corrected chi connectivity index (χ1v) is 5.67. The van der Waals surface area contributed by atoms with E-state index in [0.717, 1.165) is 0 Å². The Balaban J connectivity index is 2.48. The molecule has 0 aliphatic rings. The van der Waals surface area contributed by atoms with Crippen molar-refractivity contribution in [2.45, 2.75) is 0 Å². The topological polar surface area (TPSA) is 70.1 Å². The molecule has 7 heteroatoms. The SMILES string of the molecule is COC(=O)c1cnn(-c2ccc(Cl)c(Cl)c2)c1N. The molecule has 1 heterocycles. The number of anilines is 1. The molecular weight excluding hydrogens is 277 g/mol. The summed E-state index contributed by atoms with van der Waals surface area (Å²) in [6.45, 7) is 0. The molecule has 0 bridgehead atoms. The number of nitrogens with two attached hydrogens (primary N) is 1. The van der Waals surface area contributed by atoms with Gasteiger partial charge in [-0.15, -0.1) is 0 Å². The zero-order valence-corrected chi connectivity index (χ0v) is 10.9. The van der Waals surface area contributed by atoms with Crippen molar-refractivity contribution in [3.05, 3.63) is 40.0 Å². The highest BCUT2D eigenvalue weighted by atomic mass is 35.5. The molecule has 2 rings (SSSR count). The Morgan fingerprint density at radius 2 is 2.11 bits per heavy atom. The minimum absolute atomic E-state index is 0.181. The lowest BCUT2D eigenvalue weighted by Crippen LogP contribution is -2.07. The van der Waals surface area contributed by atoms with Gasteiger partial charge in [0.1, 0.15) is 11.4 Å². The first-order valence-electron chi connectivity index (χ1n) is 4.92. The average molecular weight is 286 g/mol. The fourth-order valence-corrected chi connectivity index (χ4v) is 1.74. The molecule has 2 aromatic rings. The number of aromatic nitrogens is 2. The number of hydrogen-bond donors (Lipinski definition) is 1. The van der Waals surface area contributed by atoms with Gasteiger partial charge in [-0.25, -0.2) is 9.48 Å². The second-order valence-electron chi connectivity index (χ2n) is 3.45. The maximum atomic E-state index is 11.4. The van der Waals surface area contributed by atoms with Crippen LogP contribution in [0.15, 0.2) is 24.4 Å². The van der Waals surface area contributed by atoms with E-state index < -0.39 is 5.97 Å². The third-order valence-electron chi connectivity index (χ3n) is 2.36. The molecule has 0 unspecified atom stereocenters. The molecule has 1 aromatic heterocycles. The third kappa shape index (κ3) is 2.14. The van der Waals surface area contributed by atoms with Gasteiger partial charge < -0.3 is 10.5 Å². The van der Waals surface area contributed by atoms with E-state index in [0.29, 0.717) is 15.7 Å². The number of hydrogen-bond acceptors (Lipinski definition) is 4. The standard InChI is InChI=1S/C11H9Cl2N3O2/c1-18-11(17)7-5-15-16(10(7)14)6-2-3-8(12)9(13)4-6/h2-5H,14H2,1H3. The van der Waals surface area contributed by atoms with Gasteiger partial charge in [0.2, 0.25) is 0 Å². The minimum Gasteiger partial charge on any atom is -0.465 e. The van der Waals surface area contributed by atoms with E-state index in [4.69, 9.17) is 28.9 Å². The molecule has 0 amide bonds. The Hall–Kier alpha value is -1.72. The highest BCUT2D eigenvalue weighted by molar-refractivity contribution is 6.42. The summed E-state index contributed by atoms with van der Waals surface area (Å²) in [6.07, 6.45) is 1.34. The number of carbonyl (C=O) groups is 1. The van der Waals surface area contributed by atoms with Gasteiger partial charge in [-0.05, 0) is 18.2 Å². The Labute approximate surface area is 113 Å². The Morgan fingerprint density at radius 3 is 2.72 bits per heavy atom. The van der Waals surface area contributed by atoms with Gasteiger partial charge in [0.15, 0.2) is 0 Å². The van der Waals surface area contributed by atoms with Gasteiger partial charge in [0.05, 0.1) is 29.0 Å². The lowest BCUT2D eigenvalue weighted by molar-refractivity contribution is 0.0602. The summed E-state index contributed by atoms with van der Waals surface area (Å²) < 4.78 is 5.97. The zero-order valence-electron chi connectivity index (χ0n) is 9.35. The number of esters is 1. The van der Waals surface area contributed by atoms with Crippen molar-refractivity contribution in [1.29, 1.82) is 0 Å². The summed E-state index contributed by atoms with van der Waals surface area (Å²) in [7, 11) is 1.28. The van der Waals surface area contributed by atoms with Gasteiger partial charge in [-0.2, -0.15) is 5.10 Å². The van der Waals surface area contributed by atoms with Crippen LogP contribution in [0.5, 0.6) is 0 Å². The van der Waals surface area contributed by atoms with Crippen LogP contribution in [0.1, 0.15) is 10.4 Å². The van der Waals surface area contributed by atoms with Crippen LogP contribution in [0, 0.1) is 0 Å². The average Bonchev–Trinajstić information content (AvgIpc) is 2.74. The Bertz CT molecular complexity index is 610. The van der Waals surface area contributed by atoms with Crippen LogP contribution in [-0.4, -0.2) is 22.9 Å². The number of methoxy groups -OCH3 is 1. The molecule has 2 N–H and O–H groups in total. The lowest BCUT2D eigenvalue weighted by Gasteiger charge is -2.06. The highest BCUT2D eigenvalue weighted by Gasteiger charge is 2.16. The molecule has 0 atom stereocenters. The second kappa shape index (κ2) is 4.88. The molecule has 0 aliphatic carbocycles. The molecule has 0 saturated carbocycles. The quantitative estimate of drug-likeness (QED) is 0.861. The number of carbonyl (C=O) groups excluding carboxylic acids is 1. The summed E-state index contributed by atoms with van der Waals surface area (Å²) in [4.78, 5) is 11.4. The van der Waals surface area contributed by atoms with E-state index in [2.05, 4.69) is 9.84 Å².